The molecule has 0 saturated heterocycles. The van der Waals surface area contributed by atoms with Gasteiger partial charge in [0.25, 0.3) is 0 Å². The van der Waals surface area contributed by atoms with Crippen molar-refractivity contribution >= 4 is 21.7 Å². The molecular formula is C15H10BrFO2. The van der Waals surface area contributed by atoms with Gasteiger partial charge in [-0.15, -0.1) is 0 Å². The number of fused-ring (bicyclic) bond motifs is 1. The molecule has 0 saturated carbocycles. The first-order valence-electron chi connectivity index (χ1n) is 5.89. The van der Waals surface area contributed by atoms with Crippen molar-refractivity contribution in [3.8, 4) is 5.75 Å². The number of rotatable bonds is 1. The first-order chi connectivity index (χ1) is 9.15. The molecule has 0 aliphatic carbocycles. The van der Waals surface area contributed by atoms with E-state index in [0.717, 1.165) is 4.47 Å². The van der Waals surface area contributed by atoms with Gasteiger partial charge in [0, 0.05) is 10.0 Å². The van der Waals surface area contributed by atoms with Gasteiger partial charge >= 0.3 is 0 Å². The second-order valence-corrected chi connectivity index (χ2v) is 5.31. The molecule has 2 nitrogen and oxygen atoms in total. The van der Waals surface area contributed by atoms with Gasteiger partial charge in [0.15, 0.2) is 5.78 Å². The summed E-state index contributed by atoms with van der Waals surface area (Å²) in [7, 11) is 0. The van der Waals surface area contributed by atoms with E-state index in [0.29, 0.717) is 16.9 Å². The molecule has 1 aliphatic rings. The molecule has 0 bridgehead atoms. The van der Waals surface area contributed by atoms with Gasteiger partial charge in [-0.25, -0.2) is 4.39 Å². The van der Waals surface area contributed by atoms with Gasteiger partial charge in [0.1, 0.15) is 17.7 Å². The highest BCUT2D eigenvalue weighted by Gasteiger charge is 2.29. The molecular weight excluding hydrogens is 311 g/mol. The standard InChI is InChI=1S/C15H10BrFO2/c16-9-5-6-11-13(18)8-15(19-14(11)7-9)10-3-1-2-4-12(10)17/h1-7,15H,8H2. The summed E-state index contributed by atoms with van der Waals surface area (Å²) in [5, 5.41) is 0. The molecule has 0 radical (unpaired) electrons. The Kier molecular flexibility index (Phi) is 3.11. The summed E-state index contributed by atoms with van der Waals surface area (Å²) in [4.78, 5) is 12.1. The van der Waals surface area contributed by atoms with Crippen molar-refractivity contribution in [2.24, 2.45) is 0 Å². The molecule has 2 aromatic rings. The van der Waals surface area contributed by atoms with E-state index >= 15 is 0 Å². The van der Waals surface area contributed by atoms with Crippen LogP contribution in [0.5, 0.6) is 5.75 Å². The molecule has 0 N–H and O–H groups in total. The maximum absolute atomic E-state index is 13.8. The SMILES string of the molecule is O=C1CC(c2ccccc2F)Oc2cc(Br)ccc21. The number of carbonyl (C=O) groups excluding carboxylic acids is 1. The predicted molar refractivity (Wildman–Crippen MR) is 72.9 cm³/mol. The normalized spacial score (nSPS) is 17.8. The van der Waals surface area contributed by atoms with E-state index in [1.807, 2.05) is 0 Å². The predicted octanol–water partition coefficient (Wildman–Crippen LogP) is 4.29. The first-order valence-corrected chi connectivity index (χ1v) is 6.68. The topological polar surface area (TPSA) is 26.3 Å². The molecule has 0 fully saturated rings. The zero-order valence-corrected chi connectivity index (χ0v) is 11.5. The van der Waals surface area contributed by atoms with E-state index in [-0.39, 0.29) is 18.0 Å². The Labute approximate surface area is 118 Å². The highest BCUT2D eigenvalue weighted by atomic mass is 79.9. The van der Waals surface area contributed by atoms with Crippen LogP contribution >= 0.6 is 15.9 Å². The zero-order valence-electron chi connectivity index (χ0n) is 9.90. The molecule has 3 rings (SSSR count). The van der Waals surface area contributed by atoms with E-state index in [1.165, 1.54) is 6.07 Å². The fourth-order valence-electron chi connectivity index (χ4n) is 2.21. The second-order valence-electron chi connectivity index (χ2n) is 4.40. The molecule has 2 aromatic carbocycles. The zero-order chi connectivity index (χ0) is 13.4. The molecule has 0 spiro atoms. The number of hydrogen-bond donors (Lipinski definition) is 0. The number of benzene rings is 2. The third-order valence-corrected chi connectivity index (χ3v) is 3.63. The molecule has 1 atom stereocenters. The van der Waals surface area contributed by atoms with Gasteiger partial charge < -0.3 is 4.74 Å². The van der Waals surface area contributed by atoms with Gasteiger partial charge in [0.05, 0.1) is 12.0 Å². The van der Waals surface area contributed by atoms with Crippen LogP contribution in [0.4, 0.5) is 4.39 Å². The van der Waals surface area contributed by atoms with Crippen molar-refractivity contribution in [3.05, 3.63) is 63.9 Å². The Morgan fingerprint density at radius 3 is 2.79 bits per heavy atom. The number of ketones is 1. The molecule has 96 valence electrons. The highest BCUT2D eigenvalue weighted by Crippen LogP contribution is 2.37. The van der Waals surface area contributed by atoms with Crippen LogP contribution in [0.25, 0.3) is 0 Å². The van der Waals surface area contributed by atoms with Gasteiger partial charge in [-0.2, -0.15) is 0 Å². The van der Waals surface area contributed by atoms with Crippen molar-refractivity contribution in [2.75, 3.05) is 0 Å². The van der Waals surface area contributed by atoms with E-state index in [2.05, 4.69) is 15.9 Å². The molecule has 1 aliphatic heterocycles. The quantitative estimate of drug-likeness (QED) is 0.783. The summed E-state index contributed by atoms with van der Waals surface area (Å²) >= 11 is 3.34. The van der Waals surface area contributed by atoms with Crippen LogP contribution in [0.2, 0.25) is 0 Å². The van der Waals surface area contributed by atoms with Gasteiger partial charge in [-0.3, -0.25) is 4.79 Å². The van der Waals surface area contributed by atoms with E-state index in [9.17, 15) is 9.18 Å². The minimum absolute atomic E-state index is 0.0259. The summed E-state index contributed by atoms with van der Waals surface area (Å²) in [6.07, 6.45) is -0.397. The number of hydrogen-bond acceptors (Lipinski definition) is 2. The molecule has 1 unspecified atom stereocenters. The fourth-order valence-corrected chi connectivity index (χ4v) is 2.55. The van der Waals surface area contributed by atoms with Crippen LogP contribution in [0.1, 0.15) is 28.4 Å². The van der Waals surface area contributed by atoms with E-state index in [1.54, 1.807) is 36.4 Å². The lowest BCUT2D eigenvalue weighted by Gasteiger charge is -2.25. The van der Waals surface area contributed by atoms with Gasteiger partial charge in [-0.05, 0) is 24.3 Å². The number of Topliss-reactive ketones (excluding diaryl/α,β-unsaturated/α-hetero) is 1. The lowest BCUT2D eigenvalue weighted by molar-refractivity contribution is 0.0846. The molecule has 0 aromatic heterocycles. The third-order valence-electron chi connectivity index (χ3n) is 3.14. The summed E-state index contributed by atoms with van der Waals surface area (Å²) in [6, 6.07) is 11.6. The maximum Gasteiger partial charge on any atom is 0.170 e. The fraction of sp³-hybridized carbons (Fsp3) is 0.133. The number of carbonyl (C=O) groups is 1. The van der Waals surface area contributed by atoms with Crippen molar-refractivity contribution in [1.29, 1.82) is 0 Å². The van der Waals surface area contributed by atoms with Gasteiger partial charge in [0.2, 0.25) is 0 Å². The Hall–Kier alpha value is -1.68. The lowest BCUT2D eigenvalue weighted by Crippen LogP contribution is -2.21. The van der Waals surface area contributed by atoms with Gasteiger partial charge in [-0.1, -0.05) is 34.1 Å². The van der Waals surface area contributed by atoms with Crippen LogP contribution < -0.4 is 4.74 Å². The summed E-state index contributed by atoms with van der Waals surface area (Å²) in [5.74, 6) is 0.125. The second kappa shape index (κ2) is 4.78. The smallest absolute Gasteiger partial charge is 0.170 e. The average Bonchev–Trinajstić information content (AvgIpc) is 2.38. The van der Waals surface area contributed by atoms with E-state index in [4.69, 9.17) is 4.74 Å². The maximum atomic E-state index is 13.8. The Morgan fingerprint density at radius 2 is 2.00 bits per heavy atom. The molecule has 4 heteroatoms. The van der Waals surface area contributed by atoms with Crippen LogP contribution in [-0.4, -0.2) is 5.78 Å². The summed E-state index contributed by atoms with van der Waals surface area (Å²) < 4.78 is 20.3. The van der Waals surface area contributed by atoms with Crippen molar-refractivity contribution in [3.63, 3.8) is 0 Å². The molecule has 1 heterocycles. The van der Waals surface area contributed by atoms with E-state index < -0.39 is 6.10 Å². The highest BCUT2D eigenvalue weighted by molar-refractivity contribution is 9.10. The average molecular weight is 321 g/mol. The minimum atomic E-state index is -0.560. The summed E-state index contributed by atoms with van der Waals surface area (Å²) in [5.41, 5.74) is 0.970. The molecule has 0 amide bonds. The number of ether oxygens (including phenoxy) is 1. The number of halogens is 2. The third kappa shape index (κ3) is 2.28. The van der Waals surface area contributed by atoms with Crippen LogP contribution in [0.3, 0.4) is 0 Å². The largest absolute Gasteiger partial charge is 0.484 e. The minimum Gasteiger partial charge on any atom is -0.484 e. The van der Waals surface area contributed by atoms with Crippen LogP contribution in [0.15, 0.2) is 46.9 Å². The first kappa shape index (κ1) is 12.4. The van der Waals surface area contributed by atoms with Crippen LogP contribution in [0, 0.1) is 5.82 Å². The van der Waals surface area contributed by atoms with Crippen molar-refractivity contribution < 1.29 is 13.9 Å². The monoisotopic (exact) mass is 320 g/mol. The lowest BCUT2D eigenvalue weighted by atomic mass is 9.96. The van der Waals surface area contributed by atoms with Crippen molar-refractivity contribution in [2.45, 2.75) is 12.5 Å². The van der Waals surface area contributed by atoms with Crippen LogP contribution in [-0.2, 0) is 0 Å². The molecule has 19 heavy (non-hydrogen) atoms. The Balaban J connectivity index is 2.01. The summed E-state index contributed by atoms with van der Waals surface area (Å²) in [6.45, 7) is 0. The Morgan fingerprint density at radius 1 is 1.21 bits per heavy atom. The van der Waals surface area contributed by atoms with Crippen molar-refractivity contribution in [1.82, 2.24) is 0 Å². The Bertz CT molecular complexity index is 654.